The van der Waals surface area contributed by atoms with Crippen molar-refractivity contribution in [1.82, 2.24) is 0 Å². The lowest BCUT2D eigenvalue weighted by Crippen LogP contribution is -2.08. The average Bonchev–Trinajstić information content (AvgIpc) is 2.28. The fourth-order valence-electron chi connectivity index (χ4n) is 1.26. The summed E-state index contributed by atoms with van der Waals surface area (Å²) in [6, 6.07) is 2.63. The summed E-state index contributed by atoms with van der Waals surface area (Å²) in [6.45, 7) is 1.73. The zero-order chi connectivity index (χ0) is 13.0. The summed E-state index contributed by atoms with van der Waals surface area (Å²) in [6.07, 6.45) is 0. The third-order valence-corrected chi connectivity index (χ3v) is 2.34. The SMILES string of the molecule is CCOC(=O)c1ccc(OC)c(Cl)c1[N+](=O)[O-]. The van der Waals surface area contributed by atoms with Crippen LogP contribution in [-0.4, -0.2) is 24.6 Å². The van der Waals surface area contributed by atoms with Gasteiger partial charge in [0, 0.05) is 0 Å². The third kappa shape index (κ3) is 2.65. The fraction of sp³-hybridized carbons (Fsp3) is 0.300. The molecule has 1 aromatic carbocycles. The van der Waals surface area contributed by atoms with Gasteiger partial charge in [-0.1, -0.05) is 11.6 Å². The number of ether oxygens (including phenoxy) is 2. The first-order chi connectivity index (χ1) is 8.02. The summed E-state index contributed by atoms with van der Waals surface area (Å²) in [5, 5.41) is 10.7. The Labute approximate surface area is 102 Å². The Bertz CT molecular complexity index is 460. The van der Waals surface area contributed by atoms with Gasteiger partial charge in [0.15, 0.2) is 5.02 Å². The number of nitro benzene ring substituents is 1. The van der Waals surface area contributed by atoms with Crippen molar-refractivity contribution in [3.8, 4) is 5.75 Å². The molecule has 92 valence electrons. The molecule has 0 radical (unpaired) electrons. The molecule has 0 aliphatic rings. The van der Waals surface area contributed by atoms with Gasteiger partial charge in [-0.15, -0.1) is 0 Å². The standard InChI is InChI=1S/C10H10ClNO5/c1-3-17-10(13)6-4-5-7(16-2)8(11)9(6)12(14)15/h4-5H,3H2,1-2H3. The van der Waals surface area contributed by atoms with Crippen LogP contribution >= 0.6 is 11.6 Å². The summed E-state index contributed by atoms with van der Waals surface area (Å²) in [7, 11) is 1.33. The number of hydrogen-bond acceptors (Lipinski definition) is 5. The fourth-order valence-corrected chi connectivity index (χ4v) is 1.57. The molecular formula is C10H10ClNO5. The molecule has 0 atom stereocenters. The smallest absolute Gasteiger partial charge is 0.345 e. The number of benzene rings is 1. The van der Waals surface area contributed by atoms with Crippen LogP contribution in [0.25, 0.3) is 0 Å². The third-order valence-electron chi connectivity index (χ3n) is 1.98. The Morgan fingerprint density at radius 3 is 2.65 bits per heavy atom. The highest BCUT2D eigenvalue weighted by molar-refractivity contribution is 6.34. The molecule has 0 saturated heterocycles. The van der Waals surface area contributed by atoms with Crippen molar-refractivity contribution in [3.05, 3.63) is 32.8 Å². The lowest BCUT2D eigenvalue weighted by atomic mass is 10.1. The molecule has 0 bridgehead atoms. The van der Waals surface area contributed by atoms with Crippen molar-refractivity contribution in [1.29, 1.82) is 0 Å². The number of esters is 1. The van der Waals surface area contributed by atoms with Crippen LogP contribution in [0.5, 0.6) is 5.75 Å². The van der Waals surface area contributed by atoms with Crippen LogP contribution in [0.15, 0.2) is 12.1 Å². The Balaban J connectivity index is 3.36. The first kappa shape index (κ1) is 13.2. The van der Waals surface area contributed by atoms with E-state index in [0.717, 1.165) is 0 Å². The Morgan fingerprint density at radius 1 is 1.53 bits per heavy atom. The molecule has 0 aliphatic carbocycles. The van der Waals surface area contributed by atoms with Crippen molar-refractivity contribution >= 4 is 23.3 Å². The van der Waals surface area contributed by atoms with Gasteiger partial charge < -0.3 is 9.47 Å². The van der Waals surface area contributed by atoms with Crippen molar-refractivity contribution in [3.63, 3.8) is 0 Å². The maximum atomic E-state index is 11.5. The van der Waals surface area contributed by atoms with Crippen LogP contribution in [0.1, 0.15) is 17.3 Å². The van der Waals surface area contributed by atoms with Gasteiger partial charge in [0.05, 0.1) is 18.6 Å². The molecule has 0 saturated carbocycles. The van der Waals surface area contributed by atoms with E-state index in [4.69, 9.17) is 21.1 Å². The molecule has 6 nitrogen and oxygen atoms in total. The second kappa shape index (κ2) is 5.49. The number of methoxy groups -OCH3 is 1. The average molecular weight is 260 g/mol. The van der Waals surface area contributed by atoms with E-state index >= 15 is 0 Å². The quantitative estimate of drug-likeness (QED) is 0.471. The predicted octanol–water partition coefficient (Wildman–Crippen LogP) is 2.43. The van der Waals surface area contributed by atoms with Crippen molar-refractivity contribution < 1.29 is 19.2 Å². The Hall–Kier alpha value is -1.82. The van der Waals surface area contributed by atoms with Crippen LogP contribution in [-0.2, 0) is 4.74 Å². The molecular weight excluding hydrogens is 250 g/mol. The molecule has 0 N–H and O–H groups in total. The number of hydrogen-bond donors (Lipinski definition) is 0. The molecule has 0 heterocycles. The van der Waals surface area contributed by atoms with E-state index in [0.29, 0.717) is 0 Å². The number of carbonyl (C=O) groups is 1. The first-order valence-electron chi connectivity index (χ1n) is 4.70. The van der Waals surface area contributed by atoms with Crippen LogP contribution in [0, 0.1) is 10.1 Å². The van der Waals surface area contributed by atoms with Crippen LogP contribution in [0.4, 0.5) is 5.69 Å². The van der Waals surface area contributed by atoms with Gasteiger partial charge >= 0.3 is 11.7 Å². The molecule has 0 aliphatic heterocycles. The summed E-state index contributed by atoms with van der Waals surface area (Å²) in [4.78, 5) is 21.6. The van der Waals surface area contributed by atoms with E-state index in [1.54, 1.807) is 6.92 Å². The highest BCUT2D eigenvalue weighted by atomic mass is 35.5. The first-order valence-corrected chi connectivity index (χ1v) is 5.08. The second-order valence-corrected chi connectivity index (χ2v) is 3.33. The van der Waals surface area contributed by atoms with Gasteiger partial charge in [-0.2, -0.15) is 0 Å². The molecule has 0 spiro atoms. The zero-order valence-electron chi connectivity index (χ0n) is 9.23. The Morgan fingerprint density at radius 2 is 2.18 bits per heavy atom. The summed E-state index contributed by atoms with van der Waals surface area (Å²) in [5.74, 6) is -0.657. The minimum absolute atomic E-state index is 0.125. The van der Waals surface area contributed by atoms with E-state index in [1.807, 2.05) is 0 Å². The monoisotopic (exact) mass is 259 g/mol. The molecule has 0 amide bonds. The van der Waals surface area contributed by atoms with Gasteiger partial charge in [-0.25, -0.2) is 4.79 Å². The minimum Gasteiger partial charge on any atom is -0.495 e. The maximum absolute atomic E-state index is 11.5. The van der Waals surface area contributed by atoms with Crippen LogP contribution in [0.3, 0.4) is 0 Å². The highest BCUT2D eigenvalue weighted by Gasteiger charge is 2.27. The highest BCUT2D eigenvalue weighted by Crippen LogP contribution is 2.36. The molecule has 0 fully saturated rings. The van der Waals surface area contributed by atoms with Crippen molar-refractivity contribution in [2.75, 3.05) is 13.7 Å². The van der Waals surface area contributed by atoms with E-state index in [9.17, 15) is 14.9 Å². The van der Waals surface area contributed by atoms with Crippen molar-refractivity contribution in [2.45, 2.75) is 6.92 Å². The number of carbonyl (C=O) groups excluding carboxylic acids is 1. The second-order valence-electron chi connectivity index (χ2n) is 2.96. The number of nitro groups is 1. The van der Waals surface area contributed by atoms with Gasteiger partial charge in [0.25, 0.3) is 0 Å². The molecule has 1 aromatic rings. The largest absolute Gasteiger partial charge is 0.495 e. The van der Waals surface area contributed by atoms with E-state index < -0.39 is 16.6 Å². The van der Waals surface area contributed by atoms with Crippen LogP contribution in [0.2, 0.25) is 5.02 Å². The number of rotatable bonds is 4. The normalized spacial score (nSPS) is 9.82. The van der Waals surface area contributed by atoms with E-state index in [2.05, 4.69) is 0 Å². The van der Waals surface area contributed by atoms with Gasteiger partial charge in [-0.05, 0) is 19.1 Å². The van der Waals surface area contributed by atoms with E-state index in [1.165, 1.54) is 19.2 Å². The molecule has 17 heavy (non-hydrogen) atoms. The van der Waals surface area contributed by atoms with Gasteiger partial charge in [0.1, 0.15) is 11.3 Å². The number of halogens is 1. The lowest BCUT2D eigenvalue weighted by molar-refractivity contribution is -0.385. The van der Waals surface area contributed by atoms with Gasteiger partial charge in [0.2, 0.25) is 0 Å². The number of nitrogens with zero attached hydrogens (tertiary/aromatic N) is 1. The molecule has 7 heteroatoms. The maximum Gasteiger partial charge on any atom is 0.345 e. The minimum atomic E-state index is -0.788. The summed E-state index contributed by atoms with van der Waals surface area (Å²) in [5.41, 5.74) is -0.702. The predicted molar refractivity (Wildman–Crippen MR) is 60.6 cm³/mol. The molecule has 0 aromatic heterocycles. The summed E-state index contributed by atoms with van der Waals surface area (Å²) >= 11 is 5.78. The Kier molecular flexibility index (Phi) is 4.28. The topological polar surface area (TPSA) is 78.7 Å². The van der Waals surface area contributed by atoms with Gasteiger partial charge in [-0.3, -0.25) is 10.1 Å². The van der Waals surface area contributed by atoms with Crippen molar-refractivity contribution in [2.24, 2.45) is 0 Å². The van der Waals surface area contributed by atoms with E-state index in [-0.39, 0.29) is 22.9 Å². The van der Waals surface area contributed by atoms with Crippen LogP contribution < -0.4 is 4.74 Å². The zero-order valence-corrected chi connectivity index (χ0v) is 9.98. The molecule has 0 unspecified atom stereocenters. The summed E-state index contributed by atoms with van der Waals surface area (Å²) < 4.78 is 9.55. The lowest BCUT2D eigenvalue weighted by Gasteiger charge is -2.07. The molecule has 1 rings (SSSR count).